The molecule has 6 heteroatoms. The number of likely N-dealkylation sites (N-methyl/N-ethyl adjacent to an activating group) is 1. The van der Waals surface area contributed by atoms with Crippen molar-refractivity contribution in [2.45, 2.75) is 32.4 Å². The molecule has 1 atom stereocenters. The van der Waals surface area contributed by atoms with Gasteiger partial charge in [0.1, 0.15) is 0 Å². The van der Waals surface area contributed by atoms with E-state index in [1.165, 1.54) is 9.80 Å². The molecule has 6 nitrogen and oxygen atoms in total. The number of carbonyl (C=O) groups is 3. The van der Waals surface area contributed by atoms with Crippen molar-refractivity contribution >= 4 is 17.7 Å². The highest BCUT2D eigenvalue weighted by molar-refractivity contribution is 6.06. The first-order valence-electron chi connectivity index (χ1n) is 5.64. The second-order valence-electron chi connectivity index (χ2n) is 4.62. The maximum absolute atomic E-state index is 11.9. The molecule has 0 saturated carbocycles. The monoisotopic (exact) mass is 241 g/mol. The van der Waals surface area contributed by atoms with Crippen LogP contribution in [0, 0.1) is 0 Å². The SMILES string of the molecule is CC(C)N1C(=O)CC(NCC(=O)N(C)C)C1=O. The summed E-state index contributed by atoms with van der Waals surface area (Å²) in [7, 11) is 3.29. The number of hydrogen-bond donors (Lipinski definition) is 1. The summed E-state index contributed by atoms with van der Waals surface area (Å²) in [5.74, 6) is -0.537. The molecule has 0 aromatic carbocycles. The van der Waals surface area contributed by atoms with E-state index in [4.69, 9.17) is 0 Å². The first kappa shape index (κ1) is 13.6. The van der Waals surface area contributed by atoms with Crippen LogP contribution < -0.4 is 5.32 Å². The molecule has 0 bridgehead atoms. The lowest BCUT2D eigenvalue weighted by atomic mass is 10.2. The highest BCUT2D eigenvalue weighted by atomic mass is 16.2. The number of likely N-dealkylation sites (tertiary alicyclic amines) is 1. The van der Waals surface area contributed by atoms with Gasteiger partial charge in [-0.1, -0.05) is 0 Å². The quantitative estimate of drug-likeness (QED) is 0.654. The molecular formula is C11H19N3O3. The Morgan fingerprint density at radius 1 is 1.47 bits per heavy atom. The van der Waals surface area contributed by atoms with Gasteiger partial charge in [0.25, 0.3) is 0 Å². The van der Waals surface area contributed by atoms with Gasteiger partial charge in [0.05, 0.1) is 19.0 Å². The minimum absolute atomic E-state index is 0.0720. The molecule has 96 valence electrons. The highest BCUT2D eigenvalue weighted by Crippen LogP contribution is 2.15. The van der Waals surface area contributed by atoms with Gasteiger partial charge in [0.2, 0.25) is 17.7 Å². The maximum Gasteiger partial charge on any atom is 0.247 e. The molecule has 1 aliphatic heterocycles. The van der Waals surface area contributed by atoms with Crippen LogP contribution in [0.3, 0.4) is 0 Å². The number of nitrogens with one attached hydrogen (secondary N) is 1. The van der Waals surface area contributed by atoms with E-state index in [9.17, 15) is 14.4 Å². The highest BCUT2D eigenvalue weighted by Gasteiger charge is 2.39. The van der Waals surface area contributed by atoms with Crippen molar-refractivity contribution in [3.05, 3.63) is 0 Å². The normalized spacial score (nSPS) is 20.3. The van der Waals surface area contributed by atoms with Crippen LogP contribution in [-0.2, 0) is 14.4 Å². The predicted octanol–water partition coefficient (Wildman–Crippen LogP) is -0.800. The lowest BCUT2D eigenvalue weighted by Gasteiger charge is -2.19. The number of hydrogen-bond acceptors (Lipinski definition) is 4. The third kappa shape index (κ3) is 3.03. The summed E-state index contributed by atoms with van der Waals surface area (Å²) in [6, 6.07) is -0.694. The Labute approximate surface area is 101 Å². The van der Waals surface area contributed by atoms with Gasteiger partial charge in [-0.3, -0.25) is 24.6 Å². The second-order valence-corrected chi connectivity index (χ2v) is 4.62. The van der Waals surface area contributed by atoms with Gasteiger partial charge in [-0.25, -0.2) is 0 Å². The molecule has 0 radical (unpaired) electrons. The molecule has 0 spiro atoms. The largest absolute Gasteiger partial charge is 0.348 e. The van der Waals surface area contributed by atoms with Crippen molar-refractivity contribution in [1.82, 2.24) is 15.1 Å². The van der Waals surface area contributed by atoms with Crippen molar-refractivity contribution in [1.29, 1.82) is 0 Å². The summed E-state index contributed by atoms with van der Waals surface area (Å²) in [5, 5.41) is 2.82. The number of imide groups is 1. The average molecular weight is 241 g/mol. The van der Waals surface area contributed by atoms with Crippen LogP contribution in [-0.4, -0.2) is 60.2 Å². The van der Waals surface area contributed by atoms with E-state index < -0.39 is 6.04 Å². The predicted molar refractivity (Wildman–Crippen MR) is 62.1 cm³/mol. The third-order valence-corrected chi connectivity index (χ3v) is 2.70. The molecule has 17 heavy (non-hydrogen) atoms. The Balaban J connectivity index is 2.55. The molecule has 1 fully saturated rings. The molecule has 1 saturated heterocycles. The van der Waals surface area contributed by atoms with Gasteiger partial charge < -0.3 is 4.90 Å². The molecule has 1 rings (SSSR count). The van der Waals surface area contributed by atoms with Crippen molar-refractivity contribution in [2.24, 2.45) is 0 Å². The van der Waals surface area contributed by atoms with Gasteiger partial charge in [0, 0.05) is 20.1 Å². The van der Waals surface area contributed by atoms with Crippen molar-refractivity contribution in [2.75, 3.05) is 20.6 Å². The van der Waals surface area contributed by atoms with Gasteiger partial charge in [-0.15, -0.1) is 0 Å². The summed E-state index contributed by atoms with van der Waals surface area (Å²) < 4.78 is 0. The van der Waals surface area contributed by atoms with Crippen molar-refractivity contribution in [3.8, 4) is 0 Å². The van der Waals surface area contributed by atoms with E-state index in [1.54, 1.807) is 27.9 Å². The molecule has 0 aromatic heterocycles. The minimum Gasteiger partial charge on any atom is -0.348 e. The lowest BCUT2D eigenvalue weighted by molar-refractivity contribution is -0.140. The summed E-state index contributed by atoms with van der Waals surface area (Å²) in [6.45, 7) is 3.66. The zero-order valence-electron chi connectivity index (χ0n) is 10.7. The van der Waals surface area contributed by atoms with E-state index in [0.717, 1.165) is 0 Å². The molecule has 1 heterocycles. The Hall–Kier alpha value is -1.43. The van der Waals surface area contributed by atoms with Crippen LogP contribution in [0.2, 0.25) is 0 Å². The van der Waals surface area contributed by atoms with Gasteiger partial charge in [0.15, 0.2) is 0 Å². The molecule has 1 unspecified atom stereocenters. The van der Waals surface area contributed by atoms with E-state index in [-0.39, 0.29) is 36.7 Å². The van der Waals surface area contributed by atoms with E-state index in [2.05, 4.69) is 5.32 Å². The van der Waals surface area contributed by atoms with Crippen LogP contribution in [0.4, 0.5) is 0 Å². The fourth-order valence-electron chi connectivity index (χ4n) is 1.72. The van der Waals surface area contributed by atoms with Crippen molar-refractivity contribution < 1.29 is 14.4 Å². The van der Waals surface area contributed by atoms with Gasteiger partial charge in [-0.2, -0.15) is 0 Å². The van der Waals surface area contributed by atoms with E-state index in [1.807, 2.05) is 0 Å². The first-order valence-corrected chi connectivity index (χ1v) is 5.64. The molecule has 1 N–H and O–H groups in total. The molecule has 3 amide bonds. The number of carbonyl (C=O) groups excluding carboxylic acids is 3. The Kier molecular flexibility index (Phi) is 4.22. The summed E-state index contributed by atoms with van der Waals surface area (Å²) in [6.07, 6.45) is 0.137. The third-order valence-electron chi connectivity index (χ3n) is 2.70. The first-order chi connectivity index (χ1) is 7.84. The second kappa shape index (κ2) is 5.27. The van der Waals surface area contributed by atoms with Gasteiger partial charge >= 0.3 is 0 Å². The van der Waals surface area contributed by atoms with Crippen molar-refractivity contribution in [3.63, 3.8) is 0 Å². The Bertz CT molecular complexity index is 339. The van der Waals surface area contributed by atoms with Crippen LogP contribution in [0.25, 0.3) is 0 Å². The molecule has 0 aromatic rings. The number of amides is 3. The van der Waals surface area contributed by atoms with Crippen LogP contribution in [0.1, 0.15) is 20.3 Å². The zero-order valence-corrected chi connectivity index (χ0v) is 10.7. The fourth-order valence-corrected chi connectivity index (χ4v) is 1.72. The summed E-state index contributed by atoms with van der Waals surface area (Å²) >= 11 is 0. The van der Waals surface area contributed by atoms with E-state index in [0.29, 0.717) is 0 Å². The average Bonchev–Trinajstić information content (AvgIpc) is 2.50. The molecular weight excluding hydrogens is 222 g/mol. The van der Waals surface area contributed by atoms with Crippen LogP contribution in [0.15, 0.2) is 0 Å². The fraction of sp³-hybridized carbons (Fsp3) is 0.727. The van der Waals surface area contributed by atoms with Gasteiger partial charge in [-0.05, 0) is 13.8 Å². The van der Waals surface area contributed by atoms with E-state index >= 15 is 0 Å². The topological polar surface area (TPSA) is 69.7 Å². The summed E-state index contributed by atoms with van der Waals surface area (Å²) in [4.78, 5) is 37.5. The number of nitrogens with zero attached hydrogens (tertiary/aromatic N) is 2. The molecule has 0 aliphatic carbocycles. The number of rotatable bonds is 4. The standard InChI is InChI=1S/C11H19N3O3/c1-7(2)14-9(15)5-8(11(14)17)12-6-10(16)13(3)4/h7-8,12H,5-6H2,1-4H3. The smallest absolute Gasteiger partial charge is 0.247 e. The van der Waals surface area contributed by atoms with Crippen LogP contribution in [0.5, 0.6) is 0 Å². The Morgan fingerprint density at radius 2 is 2.06 bits per heavy atom. The zero-order chi connectivity index (χ0) is 13.2. The molecule has 1 aliphatic rings. The van der Waals surface area contributed by atoms with Crippen LogP contribution >= 0.6 is 0 Å². The Morgan fingerprint density at radius 3 is 2.47 bits per heavy atom. The maximum atomic E-state index is 11.9. The summed E-state index contributed by atoms with van der Waals surface area (Å²) in [5.41, 5.74) is 0. The lowest BCUT2D eigenvalue weighted by Crippen LogP contribution is -2.44. The minimum atomic E-state index is -0.561.